The van der Waals surface area contributed by atoms with E-state index in [9.17, 15) is 17.8 Å². The van der Waals surface area contributed by atoms with Gasteiger partial charge in [-0.15, -0.1) is 0 Å². The Morgan fingerprint density at radius 1 is 0.686 bits per heavy atom. The van der Waals surface area contributed by atoms with E-state index in [1.807, 2.05) is 37.3 Å². The highest BCUT2D eigenvalue weighted by Gasteiger charge is 2.30. The second kappa shape index (κ2) is 10.7. The summed E-state index contributed by atoms with van der Waals surface area (Å²) in [7, 11) is -4.53. The molecular formula is C28H22O5S2. The van der Waals surface area contributed by atoms with E-state index in [1.165, 1.54) is 28.0 Å². The molecule has 5 aromatic rings. The Kier molecular flexibility index (Phi) is 7.51. The predicted octanol–water partition coefficient (Wildman–Crippen LogP) is 5.79. The number of hydrogen-bond acceptors (Lipinski definition) is 5. The maximum Gasteiger partial charge on any atom is 0.336 e. The van der Waals surface area contributed by atoms with Gasteiger partial charge in [0.15, 0.2) is 14.7 Å². The van der Waals surface area contributed by atoms with Crippen LogP contribution in [0.5, 0.6) is 0 Å². The van der Waals surface area contributed by atoms with E-state index in [4.69, 9.17) is 4.42 Å². The molecule has 4 aromatic carbocycles. The van der Waals surface area contributed by atoms with Gasteiger partial charge in [-0.1, -0.05) is 60.2 Å². The topological polar surface area (TPSA) is 87.4 Å². The standard InChI is InChI=1S/C21H15O2S.C7H8O3S/c22-21-15-14-18-19(23-21)12-7-13-20(18)24(16-8-3-1-4-9-16)17-10-5-2-6-11-17;1-6-2-4-7(5-3-6)11(8,9)10/h1-15H;2-5H,1H3,(H,8,9,10)/q+1;/p-1. The van der Waals surface area contributed by atoms with Gasteiger partial charge in [-0.2, -0.15) is 0 Å². The molecule has 0 spiro atoms. The van der Waals surface area contributed by atoms with Gasteiger partial charge in [0.1, 0.15) is 26.6 Å². The summed E-state index contributed by atoms with van der Waals surface area (Å²) in [5, 5.41) is 0.980. The molecule has 0 atom stereocenters. The van der Waals surface area contributed by atoms with E-state index >= 15 is 0 Å². The minimum Gasteiger partial charge on any atom is -0.744 e. The van der Waals surface area contributed by atoms with E-state index in [-0.39, 0.29) is 21.4 Å². The largest absolute Gasteiger partial charge is 0.744 e. The van der Waals surface area contributed by atoms with Crippen LogP contribution in [0.1, 0.15) is 5.56 Å². The average Bonchev–Trinajstić information content (AvgIpc) is 2.86. The highest BCUT2D eigenvalue weighted by molar-refractivity contribution is 7.97. The monoisotopic (exact) mass is 502 g/mol. The van der Waals surface area contributed by atoms with Crippen LogP contribution in [0.2, 0.25) is 0 Å². The Bertz CT molecular complexity index is 1540. The molecule has 0 N–H and O–H groups in total. The van der Waals surface area contributed by atoms with Crippen LogP contribution in [-0.4, -0.2) is 13.0 Å². The van der Waals surface area contributed by atoms with Gasteiger partial charge < -0.3 is 8.97 Å². The normalized spacial score (nSPS) is 11.2. The van der Waals surface area contributed by atoms with E-state index < -0.39 is 10.1 Å². The first kappa shape index (κ1) is 24.5. The van der Waals surface area contributed by atoms with E-state index in [1.54, 1.807) is 12.1 Å². The Morgan fingerprint density at radius 3 is 1.80 bits per heavy atom. The zero-order valence-corrected chi connectivity index (χ0v) is 20.5. The summed E-state index contributed by atoms with van der Waals surface area (Å²) in [6.07, 6.45) is 0. The quantitative estimate of drug-likeness (QED) is 0.176. The highest BCUT2D eigenvalue weighted by Crippen LogP contribution is 2.34. The molecule has 0 saturated carbocycles. The molecule has 176 valence electrons. The van der Waals surface area contributed by atoms with Gasteiger partial charge in [0.2, 0.25) is 0 Å². The van der Waals surface area contributed by atoms with Gasteiger partial charge in [0.25, 0.3) is 0 Å². The summed E-state index contributed by atoms with van der Waals surface area (Å²) in [6, 6.07) is 35.9. The molecule has 0 aliphatic heterocycles. The van der Waals surface area contributed by atoms with Crippen molar-refractivity contribution >= 4 is 32.0 Å². The third kappa shape index (κ3) is 6.08. The summed E-state index contributed by atoms with van der Waals surface area (Å²) in [5.74, 6) is 0. The Hall–Kier alpha value is -3.65. The molecule has 0 amide bonds. The van der Waals surface area contributed by atoms with Crippen molar-refractivity contribution in [1.82, 2.24) is 0 Å². The lowest BCUT2D eigenvalue weighted by molar-refractivity contribution is 0.463. The molecule has 0 fully saturated rings. The van der Waals surface area contributed by atoms with E-state index in [2.05, 4.69) is 54.6 Å². The molecule has 1 heterocycles. The zero-order valence-electron chi connectivity index (χ0n) is 18.8. The molecule has 0 aliphatic carbocycles. The van der Waals surface area contributed by atoms with Crippen LogP contribution >= 0.6 is 0 Å². The SMILES string of the molecule is Cc1ccc(S(=O)(=O)[O-])cc1.O=c1ccc2c([S+](c3ccccc3)c3ccccc3)cccc2o1. The molecule has 5 nitrogen and oxygen atoms in total. The van der Waals surface area contributed by atoms with Gasteiger partial charge in [0.05, 0.1) is 10.3 Å². The van der Waals surface area contributed by atoms with Crippen molar-refractivity contribution in [1.29, 1.82) is 0 Å². The van der Waals surface area contributed by atoms with Crippen molar-refractivity contribution in [3.8, 4) is 0 Å². The van der Waals surface area contributed by atoms with Crippen molar-refractivity contribution in [2.45, 2.75) is 26.5 Å². The first-order valence-corrected chi connectivity index (χ1v) is 13.4. The highest BCUT2D eigenvalue weighted by atomic mass is 32.2. The average molecular weight is 503 g/mol. The van der Waals surface area contributed by atoms with Gasteiger partial charge >= 0.3 is 5.63 Å². The molecule has 7 heteroatoms. The molecular weight excluding hydrogens is 480 g/mol. The second-order valence-corrected chi connectivity index (χ2v) is 11.0. The first-order chi connectivity index (χ1) is 16.8. The zero-order chi connectivity index (χ0) is 24.8. The van der Waals surface area contributed by atoms with Crippen molar-refractivity contribution in [3.63, 3.8) is 0 Å². The van der Waals surface area contributed by atoms with Crippen LogP contribution in [0.25, 0.3) is 11.0 Å². The summed E-state index contributed by atoms with van der Waals surface area (Å²) in [5.41, 5.74) is 1.24. The summed E-state index contributed by atoms with van der Waals surface area (Å²) >= 11 is 0. The lowest BCUT2D eigenvalue weighted by Crippen LogP contribution is -2.06. The predicted molar refractivity (Wildman–Crippen MR) is 137 cm³/mol. The molecule has 1 aromatic heterocycles. The lowest BCUT2D eigenvalue weighted by Gasteiger charge is -2.09. The van der Waals surface area contributed by atoms with Gasteiger partial charge in [-0.05, 0) is 61.5 Å². The molecule has 0 bridgehead atoms. The summed E-state index contributed by atoms with van der Waals surface area (Å²) < 4.78 is 36.5. The smallest absolute Gasteiger partial charge is 0.336 e. The third-order valence-electron chi connectivity index (χ3n) is 5.11. The maximum atomic E-state index is 11.5. The van der Waals surface area contributed by atoms with Gasteiger partial charge in [-0.25, -0.2) is 13.2 Å². The summed E-state index contributed by atoms with van der Waals surface area (Å²) in [4.78, 5) is 15.0. The Morgan fingerprint density at radius 2 is 1.26 bits per heavy atom. The fourth-order valence-electron chi connectivity index (χ4n) is 3.46. The van der Waals surface area contributed by atoms with Crippen molar-refractivity contribution in [3.05, 3.63) is 131 Å². The number of hydrogen-bond donors (Lipinski definition) is 0. The van der Waals surface area contributed by atoms with Crippen LogP contribution < -0.4 is 5.63 Å². The van der Waals surface area contributed by atoms with Gasteiger partial charge in [0, 0.05) is 6.07 Å². The molecule has 35 heavy (non-hydrogen) atoms. The number of rotatable bonds is 4. The fraction of sp³-hybridized carbons (Fsp3) is 0.0357. The van der Waals surface area contributed by atoms with Crippen molar-refractivity contribution in [2.24, 2.45) is 0 Å². The van der Waals surface area contributed by atoms with Crippen molar-refractivity contribution in [2.75, 3.05) is 0 Å². The number of benzene rings is 4. The minimum absolute atomic E-state index is 0.178. The van der Waals surface area contributed by atoms with Crippen LogP contribution in [0.4, 0.5) is 0 Å². The Balaban J connectivity index is 0.000000221. The Labute approximate surface area is 206 Å². The number of aryl methyl sites for hydroxylation is 1. The van der Waals surface area contributed by atoms with Crippen LogP contribution in [0.3, 0.4) is 0 Å². The first-order valence-electron chi connectivity index (χ1n) is 10.7. The molecule has 0 aliphatic rings. The van der Waals surface area contributed by atoms with Crippen LogP contribution in [0, 0.1) is 6.92 Å². The number of fused-ring (bicyclic) bond motifs is 1. The fourth-order valence-corrected chi connectivity index (χ4v) is 6.17. The van der Waals surface area contributed by atoms with Gasteiger partial charge in [-0.3, -0.25) is 0 Å². The maximum absolute atomic E-state index is 11.5. The third-order valence-corrected chi connectivity index (χ3v) is 8.24. The van der Waals surface area contributed by atoms with Crippen molar-refractivity contribution < 1.29 is 17.4 Å². The molecule has 0 unspecified atom stereocenters. The summed E-state index contributed by atoms with van der Waals surface area (Å²) in [6.45, 7) is 1.82. The second-order valence-electron chi connectivity index (χ2n) is 7.62. The molecule has 0 saturated heterocycles. The van der Waals surface area contributed by atoms with E-state index in [0.29, 0.717) is 5.58 Å². The molecule has 5 rings (SSSR count). The molecule has 0 radical (unpaired) electrons. The van der Waals surface area contributed by atoms with Crippen LogP contribution in [0.15, 0.2) is 144 Å². The van der Waals surface area contributed by atoms with E-state index in [0.717, 1.165) is 15.8 Å². The lowest BCUT2D eigenvalue weighted by atomic mass is 10.2. The van der Waals surface area contributed by atoms with Crippen LogP contribution in [-0.2, 0) is 21.0 Å². The minimum atomic E-state index is -4.27.